The van der Waals surface area contributed by atoms with Crippen LogP contribution in [0.3, 0.4) is 0 Å². The lowest BCUT2D eigenvalue weighted by molar-refractivity contribution is -0.397. The molecular weight excluding hydrogens is 406 g/mol. The first-order valence-electron chi connectivity index (χ1n) is 12.4. The van der Waals surface area contributed by atoms with E-state index >= 15 is 0 Å². The second kappa shape index (κ2) is 9.59. The van der Waals surface area contributed by atoms with Gasteiger partial charge in [0.15, 0.2) is 5.79 Å². The largest absolute Gasteiger partial charge is 0.491 e. The van der Waals surface area contributed by atoms with Crippen molar-refractivity contribution in [3.63, 3.8) is 0 Å². The van der Waals surface area contributed by atoms with Gasteiger partial charge in [-0.25, -0.2) is 0 Å². The van der Waals surface area contributed by atoms with Crippen molar-refractivity contribution >= 4 is 0 Å². The van der Waals surface area contributed by atoms with Crippen LogP contribution in [0.1, 0.15) is 65.9 Å². The molecule has 6 heteroatoms. The molecule has 3 aliphatic heterocycles. The molecule has 0 aromatic heterocycles. The third-order valence-corrected chi connectivity index (χ3v) is 8.01. The van der Waals surface area contributed by atoms with Crippen molar-refractivity contribution in [2.75, 3.05) is 33.0 Å². The van der Waals surface area contributed by atoms with Crippen LogP contribution >= 0.6 is 0 Å². The van der Waals surface area contributed by atoms with Gasteiger partial charge in [-0.3, -0.25) is 4.84 Å². The van der Waals surface area contributed by atoms with Gasteiger partial charge < -0.3 is 18.9 Å². The molecule has 0 N–H and O–H groups in total. The molecule has 4 unspecified atom stereocenters. The van der Waals surface area contributed by atoms with Gasteiger partial charge in [0.2, 0.25) is 0 Å². The van der Waals surface area contributed by atoms with Gasteiger partial charge in [0.25, 0.3) is 0 Å². The fourth-order valence-corrected chi connectivity index (χ4v) is 5.35. The molecule has 3 aliphatic rings. The van der Waals surface area contributed by atoms with Gasteiger partial charge in [-0.15, -0.1) is 0 Å². The second-order valence-electron chi connectivity index (χ2n) is 10.1. The summed E-state index contributed by atoms with van der Waals surface area (Å²) in [6, 6.07) is 8.33. The highest BCUT2D eigenvalue weighted by atomic mass is 16.7. The van der Waals surface area contributed by atoms with Gasteiger partial charge in [-0.1, -0.05) is 32.9 Å². The molecule has 4 atom stereocenters. The average molecular weight is 448 g/mol. The molecule has 3 heterocycles. The Balaban J connectivity index is 1.41. The van der Waals surface area contributed by atoms with Gasteiger partial charge in [0, 0.05) is 17.9 Å². The van der Waals surface area contributed by atoms with Crippen LogP contribution in [-0.4, -0.2) is 61.1 Å². The van der Waals surface area contributed by atoms with Gasteiger partial charge in [0.05, 0.1) is 32.0 Å². The first-order chi connectivity index (χ1) is 15.4. The number of nitrogens with zero attached hydrogens (tertiary/aromatic N) is 1. The molecule has 0 bridgehead atoms. The number of hydrogen-bond acceptors (Lipinski definition) is 6. The van der Waals surface area contributed by atoms with E-state index in [9.17, 15) is 0 Å². The summed E-state index contributed by atoms with van der Waals surface area (Å²) in [5, 5.41) is 2.30. The number of rotatable bonds is 9. The first kappa shape index (κ1) is 24.0. The smallest absolute Gasteiger partial charge is 0.174 e. The highest BCUT2D eigenvalue weighted by Crippen LogP contribution is 2.53. The average Bonchev–Trinajstić information content (AvgIpc) is 3.65. The molecule has 1 spiro atoms. The molecule has 0 aliphatic carbocycles. The van der Waals surface area contributed by atoms with Crippen LogP contribution < -0.4 is 4.74 Å². The molecule has 3 fully saturated rings. The normalized spacial score (nSPS) is 34.5. The minimum absolute atomic E-state index is 0.156. The van der Waals surface area contributed by atoms with Crippen molar-refractivity contribution in [1.82, 2.24) is 5.06 Å². The van der Waals surface area contributed by atoms with E-state index in [0.29, 0.717) is 13.2 Å². The summed E-state index contributed by atoms with van der Waals surface area (Å²) in [6.07, 6.45) is 4.87. The van der Waals surface area contributed by atoms with Gasteiger partial charge >= 0.3 is 0 Å². The van der Waals surface area contributed by atoms with Crippen LogP contribution in [-0.2, 0) is 25.5 Å². The van der Waals surface area contributed by atoms with Crippen LogP contribution in [0.25, 0.3) is 0 Å². The molecule has 1 aromatic rings. The Labute approximate surface area is 193 Å². The summed E-state index contributed by atoms with van der Waals surface area (Å²) in [5.41, 5.74) is 0.914. The molecule has 0 saturated carbocycles. The highest BCUT2D eigenvalue weighted by molar-refractivity contribution is 5.27. The molecule has 6 nitrogen and oxygen atoms in total. The number of benzene rings is 1. The number of hydrogen-bond donors (Lipinski definition) is 0. The zero-order valence-electron chi connectivity index (χ0n) is 20.5. The van der Waals surface area contributed by atoms with Crippen molar-refractivity contribution in [2.24, 2.45) is 5.92 Å². The summed E-state index contributed by atoms with van der Waals surface area (Å²) in [7, 11) is 0. The van der Waals surface area contributed by atoms with Crippen molar-refractivity contribution in [3.8, 4) is 5.75 Å². The summed E-state index contributed by atoms with van der Waals surface area (Å²) in [6.45, 7) is 15.0. The zero-order chi connectivity index (χ0) is 22.8. The molecule has 0 amide bonds. The number of piperidine rings is 1. The lowest BCUT2D eigenvalue weighted by atomic mass is 9.67. The second-order valence-corrected chi connectivity index (χ2v) is 10.1. The zero-order valence-corrected chi connectivity index (χ0v) is 20.5. The quantitative estimate of drug-likeness (QED) is 0.509. The van der Waals surface area contributed by atoms with E-state index in [-0.39, 0.29) is 23.1 Å². The Morgan fingerprint density at radius 2 is 1.75 bits per heavy atom. The first-order valence-corrected chi connectivity index (χ1v) is 12.4. The molecule has 180 valence electrons. The predicted molar refractivity (Wildman–Crippen MR) is 124 cm³/mol. The van der Waals surface area contributed by atoms with Gasteiger partial charge in [-0.05, 0) is 57.2 Å². The molecule has 4 rings (SSSR count). The van der Waals surface area contributed by atoms with Crippen LogP contribution in [0, 0.1) is 5.92 Å². The van der Waals surface area contributed by atoms with E-state index < -0.39 is 5.79 Å². The van der Waals surface area contributed by atoms with Crippen molar-refractivity contribution in [1.29, 1.82) is 0 Å². The molecule has 32 heavy (non-hydrogen) atoms. The monoisotopic (exact) mass is 447 g/mol. The minimum atomic E-state index is -0.519. The third-order valence-electron chi connectivity index (χ3n) is 8.01. The van der Waals surface area contributed by atoms with Crippen molar-refractivity contribution in [2.45, 2.75) is 89.7 Å². The lowest BCUT2D eigenvalue weighted by Crippen LogP contribution is -2.73. The topological polar surface area (TPSA) is 52.7 Å². The Bertz CT molecular complexity index is 745. The fourth-order valence-electron chi connectivity index (χ4n) is 5.35. The molecular formula is C26H41NO5. The Morgan fingerprint density at radius 1 is 1.06 bits per heavy atom. The van der Waals surface area contributed by atoms with E-state index in [0.717, 1.165) is 57.7 Å². The maximum absolute atomic E-state index is 6.60. The van der Waals surface area contributed by atoms with E-state index in [1.165, 1.54) is 5.56 Å². The highest BCUT2D eigenvalue weighted by Gasteiger charge is 2.62. The van der Waals surface area contributed by atoms with Gasteiger partial charge in [-0.2, -0.15) is 5.06 Å². The summed E-state index contributed by atoms with van der Waals surface area (Å²) in [4.78, 5) is 6.60. The number of hydroxylamine groups is 2. The maximum Gasteiger partial charge on any atom is 0.174 e. The van der Waals surface area contributed by atoms with Crippen LogP contribution in [0.2, 0.25) is 0 Å². The standard InChI is InChI=1S/C26H41NO5/c1-6-24(4)19-26(30-14-8-15-31-26)20(3)25(5,7-2)27(24)32-16-13-21-9-11-22(12-10-21)28-17-23-18-29-23/h9-12,20,23H,6-8,13-19H2,1-5H3. The van der Waals surface area contributed by atoms with E-state index in [4.69, 9.17) is 23.8 Å². The fraction of sp³-hybridized carbons (Fsp3) is 0.769. The predicted octanol–water partition coefficient (Wildman–Crippen LogP) is 4.75. The molecule has 0 radical (unpaired) electrons. The molecule has 3 saturated heterocycles. The number of ether oxygens (including phenoxy) is 4. The maximum atomic E-state index is 6.60. The van der Waals surface area contributed by atoms with E-state index in [1.807, 2.05) is 12.1 Å². The number of epoxide rings is 1. The lowest BCUT2D eigenvalue weighted by Gasteiger charge is -2.63. The Kier molecular flexibility index (Phi) is 7.18. The van der Waals surface area contributed by atoms with Crippen molar-refractivity contribution < 1.29 is 23.8 Å². The van der Waals surface area contributed by atoms with E-state index in [1.54, 1.807) is 0 Å². The Hall–Kier alpha value is -1.18. The van der Waals surface area contributed by atoms with Gasteiger partial charge in [0.1, 0.15) is 18.5 Å². The third kappa shape index (κ3) is 4.71. The summed E-state index contributed by atoms with van der Waals surface area (Å²) < 4.78 is 23.7. The Morgan fingerprint density at radius 3 is 2.34 bits per heavy atom. The van der Waals surface area contributed by atoms with Crippen LogP contribution in [0.15, 0.2) is 24.3 Å². The SMILES string of the molecule is CCC1(C)CC2(OCCCO2)C(C)C(C)(CC)N1OCCc1ccc(OCC2CO2)cc1. The van der Waals surface area contributed by atoms with Crippen LogP contribution in [0.4, 0.5) is 0 Å². The summed E-state index contributed by atoms with van der Waals surface area (Å²) in [5.74, 6) is 0.575. The van der Waals surface area contributed by atoms with Crippen LogP contribution in [0.5, 0.6) is 5.75 Å². The minimum Gasteiger partial charge on any atom is -0.491 e. The summed E-state index contributed by atoms with van der Waals surface area (Å²) >= 11 is 0. The van der Waals surface area contributed by atoms with Crippen molar-refractivity contribution in [3.05, 3.63) is 29.8 Å². The molecule has 1 aromatic carbocycles. The van der Waals surface area contributed by atoms with E-state index in [2.05, 4.69) is 51.8 Å².